The first-order valence-corrected chi connectivity index (χ1v) is 9.07. The molecule has 31 heavy (non-hydrogen) atoms. The van der Waals surface area contributed by atoms with Crippen LogP contribution in [0.4, 0.5) is 5.88 Å². The zero-order valence-corrected chi connectivity index (χ0v) is 16.2. The van der Waals surface area contributed by atoms with Crippen LogP contribution in [0.15, 0.2) is 52.9 Å². The third-order valence-corrected chi connectivity index (χ3v) is 4.22. The van der Waals surface area contributed by atoms with E-state index in [9.17, 15) is 14.9 Å². The molecule has 0 saturated carbocycles. The molecule has 0 radical (unpaired) electrons. The van der Waals surface area contributed by atoms with E-state index >= 15 is 0 Å². The maximum Gasteiger partial charge on any atom is 0.433 e. The normalized spacial score (nSPS) is 10.7. The molecule has 0 fully saturated rings. The Morgan fingerprint density at radius 2 is 1.97 bits per heavy atom. The highest BCUT2D eigenvalue weighted by Gasteiger charge is 2.17. The molecule has 0 aliphatic heterocycles. The predicted molar refractivity (Wildman–Crippen MR) is 106 cm³/mol. The van der Waals surface area contributed by atoms with E-state index in [1.807, 2.05) is 24.3 Å². The van der Waals surface area contributed by atoms with Crippen LogP contribution in [0.1, 0.15) is 10.6 Å². The van der Waals surface area contributed by atoms with Crippen molar-refractivity contribution >= 4 is 17.4 Å². The molecule has 158 valence electrons. The maximum absolute atomic E-state index is 12.0. The first-order chi connectivity index (χ1) is 15.0. The van der Waals surface area contributed by atoms with E-state index in [2.05, 4.69) is 20.6 Å². The van der Waals surface area contributed by atoms with Crippen molar-refractivity contribution in [3.63, 3.8) is 0 Å². The largest absolute Gasteiger partial charge is 0.497 e. The molecule has 12 heteroatoms. The monoisotopic (exact) mass is 424 g/mol. The number of rotatable bonds is 8. The third-order valence-electron chi connectivity index (χ3n) is 4.22. The van der Waals surface area contributed by atoms with E-state index in [-0.39, 0.29) is 18.9 Å². The first-order valence-electron chi connectivity index (χ1n) is 9.07. The van der Waals surface area contributed by atoms with Crippen LogP contribution in [-0.2, 0) is 0 Å². The van der Waals surface area contributed by atoms with Gasteiger partial charge in [0.1, 0.15) is 17.3 Å². The molecule has 0 bridgehead atoms. The molecule has 3 heterocycles. The second-order valence-electron chi connectivity index (χ2n) is 6.19. The van der Waals surface area contributed by atoms with Crippen molar-refractivity contribution in [3.8, 4) is 23.0 Å². The minimum Gasteiger partial charge on any atom is -0.497 e. The van der Waals surface area contributed by atoms with Gasteiger partial charge in [0.15, 0.2) is 17.2 Å². The first kappa shape index (κ1) is 19.8. The minimum atomic E-state index is -0.715. The molecule has 1 N–H and O–H groups in total. The maximum atomic E-state index is 12.0. The lowest BCUT2D eigenvalue weighted by molar-refractivity contribution is -0.402. The van der Waals surface area contributed by atoms with E-state index in [4.69, 9.17) is 13.9 Å². The Kier molecular flexibility index (Phi) is 5.43. The second kappa shape index (κ2) is 8.49. The highest BCUT2D eigenvalue weighted by molar-refractivity contribution is 5.91. The number of benzene rings is 1. The Bertz CT molecular complexity index is 1230. The average Bonchev–Trinajstić information content (AvgIpc) is 3.44. The summed E-state index contributed by atoms with van der Waals surface area (Å²) in [5.74, 6) is 0.336. The van der Waals surface area contributed by atoms with Gasteiger partial charge in [0.2, 0.25) is 5.88 Å². The summed E-state index contributed by atoms with van der Waals surface area (Å²) in [5, 5.41) is 25.8. The molecule has 0 aliphatic rings. The Hall–Kier alpha value is -4.48. The summed E-state index contributed by atoms with van der Waals surface area (Å²) in [6, 6.07) is 13.0. The van der Waals surface area contributed by atoms with E-state index < -0.39 is 16.7 Å². The molecule has 1 aromatic carbocycles. The Morgan fingerprint density at radius 1 is 1.16 bits per heavy atom. The number of hydrogen-bond donors (Lipinski definition) is 1. The van der Waals surface area contributed by atoms with Crippen LogP contribution in [0, 0.1) is 10.1 Å². The summed E-state index contributed by atoms with van der Waals surface area (Å²) < 4.78 is 17.1. The summed E-state index contributed by atoms with van der Waals surface area (Å²) in [4.78, 5) is 21.8. The van der Waals surface area contributed by atoms with E-state index in [1.54, 1.807) is 23.8 Å². The zero-order chi connectivity index (χ0) is 21.8. The number of methoxy groups -OCH3 is 1. The van der Waals surface area contributed by atoms with Gasteiger partial charge in [-0.25, -0.2) is 0 Å². The van der Waals surface area contributed by atoms with Crippen molar-refractivity contribution in [2.24, 2.45) is 0 Å². The number of amides is 1. The Morgan fingerprint density at radius 3 is 2.68 bits per heavy atom. The summed E-state index contributed by atoms with van der Waals surface area (Å²) in [6.07, 6.45) is 0. The lowest BCUT2D eigenvalue weighted by atomic mass is 10.2. The summed E-state index contributed by atoms with van der Waals surface area (Å²) in [7, 11) is 1.59. The lowest BCUT2D eigenvalue weighted by Crippen LogP contribution is -2.27. The van der Waals surface area contributed by atoms with Crippen molar-refractivity contribution in [2.75, 3.05) is 20.3 Å². The summed E-state index contributed by atoms with van der Waals surface area (Å²) in [6.45, 7) is 0.258. The fourth-order valence-corrected chi connectivity index (χ4v) is 2.72. The SMILES string of the molecule is COc1ccc(-c2nnc3ccc(OCCNC(=O)c4ccc([N+](=O)[O-])o4)nn23)cc1. The van der Waals surface area contributed by atoms with E-state index in [0.29, 0.717) is 17.4 Å². The number of fused-ring (bicyclic) bond motifs is 1. The van der Waals surface area contributed by atoms with Crippen LogP contribution < -0.4 is 14.8 Å². The molecule has 0 atom stereocenters. The second-order valence-corrected chi connectivity index (χ2v) is 6.19. The van der Waals surface area contributed by atoms with Gasteiger partial charge in [0, 0.05) is 11.6 Å². The van der Waals surface area contributed by atoms with Gasteiger partial charge in [-0.15, -0.1) is 15.3 Å². The van der Waals surface area contributed by atoms with Crippen LogP contribution in [0.5, 0.6) is 11.6 Å². The quantitative estimate of drug-likeness (QED) is 0.255. The van der Waals surface area contributed by atoms with Crippen molar-refractivity contribution in [2.45, 2.75) is 0 Å². The van der Waals surface area contributed by atoms with Gasteiger partial charge in [0.05, 0.1) is 19.7 Å². The summed E-state index contributed by atoms with van der Waals surface area (Å²) in [5.41, 5.74) is 1.35. The molecule has 0 aliphatic carbocycles. The molecule has 4 rings (SSSR count). The van der Waals surface area contributed by atoms with Crippen LogP contribution in [0.3, 0.4) is 0 Å². The van der Waals surface area contributed by atoms with Crippen molar-refractivity contribution in [3.05, 3.63) is 64.4 Å². The zero-order valence-electron chi connectivity index (χ0n) is 16.2. The van der Waals surface area contributed by atoms with E-state index in [1.165, 1.54) is 6.07 Å². The summed E-state index contributed by atoms with van der Waals surface area (Å²) >= 11 is 0. The molecule has 1 amide bonds. The lowest BCUT2D eigenvalue weighted by Gasteiger charge is -2.07. The highest BCUT2D eigenvalue weighted by atomic mass is 16.6. The van der Waals surface area contributed by atoms with Crippen molar-refractivity contribution in [1.29, 1.82) is 0 Å². The van der Waals surface area contributed by atoms with Gasteiger partial charge < -0.3 is 19.2 Å². The predicted octanol–water partition coefficient (Wildman–Crippen LogP) is 2.11. The molecular formula is C19H16N6O6. The number of aromatic nitrogens is 4. The average molecular weight is 424 g/mol. The highest BCUT2D eigenvalue weighted by Crippen LogP contribution is 2.22. The van der Waals surface area contributed by atoms with Gasteiger partial charge in [-0.05, 0) is 36.4 Å². The molecular weight excluding hydrogens is 408 g/mol. The van der Waals surface area contributed by atoms with Crippen LogP contribution in [0.2, 0.25) is 0 Å². The van der Waals surface area contributed by atoms with Crippen LogP contribution >= 0.6 is 0 Å². The van der Waals surface area contributed by atoms with Gasteiger partial charge in [0.25, 0.3) is 5.91 Å². The Balaban J connectivity index is 1.38. The molecule has 0 saturated heterocycles. The number of carbonyl (C=O) groups is 1. The molecule has 0 unspecified atom stereocenters. The molecule has 4 aromatic rings. The number of furan rings is 1. The van der Waals surface area contributed by atoms with Gasteiger partial charge in [-0.2, -0.15) is 4.52 Å². The van der Waals surface area contributed by atoms with Crippen molar-refractivity contribution < 1.29 is 23.6 Å². The number of nitro groups is 1. The number of carbonyl (C=O) groups excluding carboxylic acids is 1. The van der Waals surface area contributed by atoms with Gasteiger partial charge in [-0.3, -0.25) is 14.9 Å². The van der Waals surface area contributed by atoms with Gasteiger partial charge >= 0.3 is 5.88 Å². The number of hydrogen-bond acceptors (Lipinski definition) is 9. The fraction of sp³-hybridized carbons (Fsp3) is 0.158. The van der Waals surface area contributed by atoms with Gasteiger partial charge in [-0.1, -0.05) is 0 Å². The molecule has 3 aromatic heterocycles. The molecule has 12 nitrogen and oxygen atoms in total. The third kappa shape index (κ3) is 4.27. The minimum absolute atomic E-state index is 0.118. The smallest absolute Gasteiger partial charge is 0.433 e. The number of nitrogens with zero attached hydrogens (tertiary/aromatic N) is 5. The number of ether oxygens (including phenoxy) is 2. The van der Waals surface area contributed by atoms with Crippen LogP contribution in [0.25, 0.3) is 17.0 Å². The standard InChI is InChI=1S/C19H16N6O6/c1-29-13-4-2-12(3-5-13)18-22-21-15-7-8-16(23-24(15)18)30-11-10-20-19(26)14-6-9-17(31-14)25(27)28/h2-9H,10-11H2,1H3,(H,20,26). The molecule has 0 spiro atoms. The fourth-order valence-electron chi connectivity index (χ4n) is 2.72. The Labute approximate surface area is 174 Å². The number of nitrogens with one attached hydrogen (secondary N) is 1. The van der Waals surface area contributed by atoms with Crippen molar-refractivity contribution in [1.82, 2.24) is 25.1 Å². The van der Waals surface area contributed by atoms with E-state index in [0.717, 1.165) is 17.4 Å². The van der Waals surface area contributed by atoms with Crippen LogP contribution in [-0.4, -0.2) is 50.9 Å². The topological polar surface area (TPSA) is 147 Å².